The molecule has 102 valence electrons. The van der Waals surface area contributed by atoms with Crippen LogP contribution in [0.25, 0.3) is 0 Å². The number of allylic oxidation sites excluding steroid dienone is 1. The lowest BCUT2D eigenvalue weighted by Crippen LogP contribution is -2.42. The van der Waals surface area contributed by atoms with Crippen molar-refractivity contribution in [2.24, 2.45) is 16.7 Å². The van der Waals surface area contributed by atoms with E-state index in [1.807, 2.05) is 13.8 Å². The van der Waals surface area contributed by atoms with Gasteiger partial charge >= 0.3 is 0 Å². The number of hydrogen-bond donors (Lipinski definition) is 1. The van der Waals surface area contributed by atoms with E-state index in [0.29, 0.717) is 12.8 Å². The summed E-state index contributed by atoms with van der Waals surface area (Å²) in [4.78, 5) is 11.5. The third-order valence-electron chi connectivity index (χ3n) is 5.10. The number of carbonyl (C=O) groups is 1. The Morgan fingerprint density at radius 2 is 2.16 bits per heavy atom. The maximum absolute atomic E-state index is 12.2. The molecule has 0 amide bonds. The van der Waals surface area contributed by atoms with Crippen LogP contribution in [0.1, 0.15) is 33.1 Å². The molecular formula is C13H16N2O3S. The van der Waals surface area contributed by atoms with Gasteiger partial charge < -0.3 is 0 Å². The second kappa shape index (κ2) is 4.03. The molecule has 2 saturated carbocycles. The number of hydrogen-bond acceptors (Lipinski definition) is 5. The highest BCUT2D eigenvalue weighted by atomic mass is 32.2. The first kappa shape index (κ1) is 14.0. The predicted molar refractivity (Wildman–Crippen MR) is 69.2 cm³/mol. The van der Waals surface area contributed by atoms with Crippen molar-refractivity contribution in [3.8, 4) is 6.07 Å². The SMILES string of the molecule is CC1(C)C2CCC1(CS(=O)(=O)C(=C=N)C#N)C(=O)C2. The highest BCUT2D eigenvalue weighted by molar-refractivity contribution is 7.95. The molecule has 0 aromatic rings. The Morgan fingerprint density at radius 3 is 2.53 bits per heavy atom. The fraction of sp³-hybridized carbons (Fsp3) is 0.692. The van der Waals surface area contributed by atoms with Gasteiger partial charge in [0.05, 0.1) is 5.75 Å². The third kappa shape index (κ3) is 1.69. The normalized spacial score (nSPS) is 31.8. The van der Waals surface area contributed by atoms with Crippen LogP contribution in [0.2, 0.25) is 0 Å². The van der Waals surface area contributed by atoms with E-state index in [0.717, 1.165) is 6.42 Å². The van der Waals surface area contributed by atoms with Gasteiger partial charge in [-0.05, 0) is 24.2 Å². The zero-order valence-electron chi connectivity index (χ0n) is 11.0. The number of Topliss-reactive ketones (excluding diaryl/α,β-unsaturated/α-hetero) is 1. The van der Waals surface area contributed by atoms with E-state index in [1.165, 1.54) is 6.07 Å². The molecule has 19 heavy (non-hydrogen) atoms. The summed E-state index contributed by atoms with van der Waals surface area (Å²) >= 11 is 0. The Balaban J connectivity index is 2.47. The van der Waals surface area contributed by atoms with Crippen LogP contribution in [0.5, 0.6) is 0 Å². The lowest BCUT2D eigenvalue weighted by Gasteiger charge is -2.35. The van der Waals surface area contributed by atoms with Gasteiger partial charge in [0.2, 0.25) is 4.91 Å². The summed E-state index contributed by atoms with van der Waals surface area (Å²) < 4.78 is 24.3. The molecule has 5 nitrogen and oxygen atoms in total. The number of nitrogens with one attached hydrogen (secondary N) is 1. The fourth-order valence-electron chi connectivity index (χ4n) is 3.68. The van der Waals surface area contributed by atoms with Gasteiger partial charge in [-0.15, -0.1) is 0 Å². The molecule has 2 aliphatic carbocycles. The number of sulfone groups is 1. The van der Waals surface area contributed by atoms with E-state index < -0.39 is 20.2 Å². The average Bonchev–Trinajstić information content (AvgIpc) is 2.63. The Labute approximate surface area is 112 Å². The van der Waals surface area contributed by atoms with Crippen molar-refractivity contribution in [3.63, 3.8) is 0 Å². The Hall–Kier alpha value is -1.44. The molecule has 2 aliphatic rings. The van der Waals surface area contributed by atoms with Crippen LogP contribution in [0.4, 0.5) is 0 Å². The predicted octanol–water partition coefficient (Wildman–Crippen LogP) is 1.45. The van der Waals surface area contributed by atoms with Crippen LogP contribution in [-0.2, 0) is 14.6 Å². The highest BCUT2D eigenvalue weighted by Gasteiger charge is 2.65. The topological polar surface area (TPSA) is 98.8 Å². The average molecular weight is 280 g/mol. The van der Waals surface area contributed by atoms with Gasteiger partial charge in [-0.25, -0.2) is 8.42 Å². The van der Waals surface area contributed by atoms with Crippen LogP contribution in [0.15, 0.2) is 4.91 Å². The van der Waals surface area contributed by atoms with Crippen LogP contribution < -0.4 is 0 Å². The minimum Gasteiger partial charge on any atom is -0.299 e. The summed E-state index contributed by atoms with van der Waals surface area (Å²) in [6, 6.07) is 1.48. The smallest absolute Gasteiger partial charge is 0.204 e. The van der Waals surface area contributed by atoms with Crippen molar-refractivity contribution in [2.75, 3.05) is 5.75 Å². The third-order valence-corrected chi connectivity index (χ3v) is 6.79. The zero-order chi connectivity index (χ0) is 14.5. The maximum Gasteiger partial charge on any atom is 0.204 e. The summed E-state index contributed by atoms with van der Waals surface area (Å²) in [5.74, 6) is 1.52. The van der Waals surface area contributed by atoms with Gasteiger partial charge in [-0.1, -0.05) is 13.8 Å². The molecule has 0 aromatic carbocycles. The van der Waals surface area contributed by atoms with E-state index in [1.54, 1.807) is 5.87 Å². The Kier molecular flexibility index (Phi) is 2.96. The molecule has 2 bridgehead atoms. The first-order valence-corrected chi connectivity index (χ1v) is 7.82. The van der Waals surface area contributed by atoms with Crippen molar-refractivity contribution in [2.45, 2.75) is 33.1 Å². The van der Waals surface area contributed by atoms with E-state index in [4.69, 9.17) is 10.7 Å². The summed E-state index contributed by atoms with van der Waals surface area (Å²) in [6.07, 6.45) is 1.84. The minimum atomic E-state index is -3.92. The molecule has 2 unspecified atom stereocenters. The quantitative estimate of drug-likeness (QED) is 0.624. The molecule has 2 rings (SSSR count). The van der Waals surface area contributed by atoms with Crippen LogP contribution in [0, 0.1) is 33.5 Å². The molecule has 2 fully saturated rings. The van der Waals surface area contributed by atoms with Gasteiger partial charge in [0.25, 0.3) is 0 Å². The standard InChI is InChI=1S/C13H16N2O3S/c1-12(2)9-3-4-13(12,11(16)5-9)8-19(17,18)10(6-14)7-15/h9,14H,3-5,8H2,1-2H3. The maximum atomic E-state index is 12.2. The fourth-order valence-corrected chi connectivity index (χ4v) is 5.45. The van der Waals surface area contributed by atoms with Crippen LogP contribution in [-0.4, -0.2) is 25.8 Å². The second-order valence-corrected chi connectivity index (χ2v) is 7.92. The van der Waals surface area contributed by atoms with Crippen molar-refractivity contribution >= 4 is 21.5 Å². The largest absolute Gasteiger partial charge is 0.299 e. The number of fused-ring (bicyclic) bond motifs is 2. The van der Waals surface area contributed by atoms with Gasteiger partial charge in [0.15, 0.2) is 9.84 Å². The zero-order valence-corrected chi connectivity index (χ0v) is 11.8. The molecule has 0 radical (unpaired) electrons. The van der Waals surface area contributed by atoms with Crippen LogP contribution in [0.3, 0.4) is 0 Å². The van der Waals surface area contributed by atoms with E-state index in [9.17, 15) is 13.2 Å². The lowest BCUT2D eigenvalue weighted by atomic mass is 9.70. The number of ketones is 1. The molecule has 2 atom stereocenters. The van der Waals surface area contributed by atoms with Crippen molar-refractivity contribution in [3.05, 3.63) is 4.91 Å². The van der Waals surface area contributed by atoms with E-state index in [-0.39, 0.29) is 22.9 Å². The van der Waals surface area contributed by atoms with Crippen LogP contribution >= 0.6 is 0 Å². The molecule has 0 aliphatic heterocycles. The van der Waals surface area contributed by atoms with E-state index in [2.05, 4.69) is 0 Å². The minimum absolute atomic E-state index is 0.0143. The molecule has 0 heterocycles. The summed E-state index contributed by atoms with van der Waals surface area (Å²) in [5, 5.41) is 15.7. The van der Waals surface area contributed by atoms with Crippen molar-refractivity contribution in [1.82, 2.24) is 0 Å². The molecule has 0 aromatic heterocycles. The number of carbonyl (C=O) groups excluding carboxylic acids is 1. The van der Waals surface area contributed by atoms with Gasteiger partial charge in [-0.3, -0.25) is 10.2 Å². The molecule has 1 N–H and O–H groups in total. The first-order chi connectivity index (χ1) is 8.71. The molecule has 6 heteroatoms. The number of rotatable bonds is 3. The monoisotopic (exact) mass is 280 g/mol. The number of nitrogens with zero attached hydrogens (tertiary/aromatic N) is 1. The van der Waals surface area contributed by atoms with Gasteiger partial charge in [0, 0.05) is 17.7 Å². The molecule has 0 saturated heterocycles. The Morgan fingerprint density at radius 1 is 1.53 bits per heavy atom. The number of nitriles is 1. The van der Waals surface area contributed by atoms with Crippen molar-refractivity contribution < 1.29 is 13.2 Å². The van der Waals surface area contributed by atoms with Gasteiger partial charge in [0.1, 0.15) is 11.9 Å². The summed E-state index contributed by atoms with van der Waals surface area (Å²) in [7, 11) is -3.92. The van der Waals surface area contributed by atoms with Crippen molar-refractivity contribution in [1.29, 1.82) is 10.7 Å². The second-order valence-electron chi connectivity index (χ2n) is 5.99. The highest BCUT2D eigenvalue weighted by Crippen LogP contribution is 2.64. The molecular weight excluding hydrogens is 264 g/mol. The summed E-state index contributed by atoms with van der Waals surface area (Å²) in [5.41, 5.74) is -1.25. The summed E-state index contributed by atoms with van der Waals surface area (Å²) in [6.45, 7) is 3.87. The first-order valence-electron chi connectivity index (χ1n) is 6.17. The lowest BCUT2D eigenvalue weighted by molar-refractivity contribution is -0.128. The van der Waals surface area contributed by atoms with E-state index >= 15 is 0 Å². The van der Waals surface area contributed by atoms with Gasteiger partial charge in [-0.2, -0.15) is 5.26 Å². The Bertz CT molecular complexity index is 635. The molecule has 0 spiro atoms.